The third-order valence-electron chi connectivity index (χ3n) is 14.7. The number of halogens is 3. The van der Waals surface area contributed by atoms with Gasteiger partial charge in [0.2, 0.25) is 11.8 Å². The second-order valence-electron chi connectivity index (χ2n) is 18.5. The molecule has 4 aromatic rings. The van der Waals surface area contributed by atoms with Gasteiger partial charge in [-0.05, 0) is 85.9 Å². The maximum Gasteiger partial charge on any atom is 0.401 e. The monoisotopic (exact) mass is 853 g/mol. The number of imide groups is 1. The molecular weight excluding hydrogens is 804 g/mol. The maximum absolute atomic E-state index is 13.9. The lowest BCUT2D eigenvalue weighted by Gasteiger charge is -2.46. The average molecular weight is 854 g/mol. The molecule has 0 bridgehead atoms. The number of nitrogens with one attached hydrogen (secondary N) is 2. The minimum Gasteiger partial charge on any atom is -0.489 e. The summed E-state index contributed by atoms with van der Waals surface area (Å²) in [6.07, 6.45) is 3.00. The number of nitrogens with zero attached hydrogens (tertiary/aromatic N) is 7. The number of aromatic nitrogens is 3. The van der Waals surface area contributed by atoms with Crippen LogP contribution in [0.3, 0.4) is 0 Å². The number of carbonyl (C=O) groups excluding carboxylic acids is 3. The predicted molar refractivity (Wildman–Crippen MR) is 222 cm³/mol. The highest BCUT2D eigenvalue weighted by Gasteiger charge is 2.46. The van der Waals surface area contributed by atoms with Crippen molar-refractivity contribution < 1.29 is 37.0 Å². The Balaban J connectivity index is 0.705. The van der Waals surface area contributed by atoms with E-state index in [1.807, 2.05) is 43.3 Å². The topological polar surface area (TPSA) is 139 Å². The maximum atomic E-state index is 13.9. The van der Waals surface area contributed by atoms with E-state index in [2.05, 4.69) is 30.2 Å². The molecule has 0 radical (unpaired) electrons. The summed E-state index contributed by atoms with van der Waals surface area (Å²) in [7, 11) is 0. The number of piperidine rings is 2. The summed E-state index contributed by atoms with van der Waals surface area (Å²) in [6.45, 7) is 7.53. The molecule has 5 atom stereocenters. The molecule has 4 saturated heterocycles. The summed E-state index contributed by atoms with van der Waals surface area (Å²) in [5.74, 6) is 1.05. The van der Waals surface area contributed by atoms with Crippen LogP contribution in [0, 0.1) is 5.92 Å². The molecule has 4 fully saturated rings. The van der Waals surface area contributed by atoms with Gasteiger partial charge in [0.1, 0.15) is 24.2 Å². The predicted octanol–water partition coefficient (Wildman–Crippen LogP) is 4.58. The number of hydrogen-bond acceptors (Lipinski definition) is 11. The Bertz CT molecular complexity index is 2440. The van der Waals surface area contributed by atoms with Crippen molar-refractivity contribution in [2.45, 2.75) is 87.9 Å². The van der Waals surface area contributed by atoms with Gasteiger partial charge < -0.3 is 24.2 Å². The van der Waals surface area contributed by atoms with Gasteiger partial charge >= 0.3 is 6.18 Å². The number of amides is 3. The van der Waals surface area contributed by atoms with Crippen LogP contribution in [0.15, 0.2) is 48.8 Å². The second kappa shape index (κ2) is 14.9. The Morgan fingerprint density at radius 2 is 1.81 bits per heavy atom. The molecule has 3 amide bonds. The number of hydrogen-bond donors (Lipinski definition) is 2. The smallest absolute Gasteiger partial charge is 0.401 e. The van der Waals surface area contributed by atoms with Gasteiger partial charge in [-0.1, -0.05) is 12.1 Å². The fourth-order valence-corrected chi connectivity index (χ4v) is 11.6. The zero-order valence-electron chi connectivity index (χ0n) is 34.6. The van der Waals surface area contributed by atoms with E-state index >= 15 is 0 Å². The zero-order chi connectivity index (χ0) is 42.5. The van der Waals surface area contributed by atoms with Crippen molar-refractivity contribution in [3.8, 4) is 5.75 Å². The Labute approximate surface area is 356 Å². The Morgan fingerprint density at radius 3 is 2.60 bits per heavy atom. The van der Waals surface area contributed by atoms with E-state index in [0.29, 0.717) is 30.9 Å². The van der Waals surface area contributed by atoms with Crippen LogP contribution in [-0.2, 0) is 27.3 Å². The largest absolute Gasteiger partial charge is 0.489 e. The molecular formula is C45H50F3N9O5. The summed E-state index contributed by atoms with van der Waals surface area (Å²) in [5.41, 5.74) is 5.72. The molecule has 7 aliphatic rings. The molecule has 2 N–H and O–H groups in total. The molecule has 2 aromatic carbocycles. The van der Waals surface area contributed by atoms with Crippen LogP contribution in [0.1, 0.15) is 77.7 Å². The zero-order valence-corrected chi connectivity index (χ0v) is 34.6. The van der Waals surface area contributed by atoms with Crippen LogP contribution in [0.5, 0.6) is 5.75 Å². The molecule has 11 rings (SSSR count). The van der Waals surface area contributed by atoms with Gasteiger partial charge in [0.05, 0.1) is 54.8 Å². The van der Waals surface area contributed by atoms with Crippen LogP contribution in [0.4, 0.5) is 24.7 Å². The Hall–Kier alpha value is -5.26. The lowest BCUT2D eigenvalue weighted by Crippen LogP contribution is -2.58. The molecule has 0 aliphatic carbocycles. The molecule has 326 valence electrons. The molecule has 7 aliphatic heterocycles. The van der Waals surface area contributed by atoms with Gasteiger partial charge in [-0.2, -0.15) is 18.3 Å². The number of benzene rings is 2. The van der Waals surface area contributed by atoms with Crippen molar-refractivity contribution in [1.29, 1.82) is 0 Å². The van der Waals surface area contributed by atoms with E-state index < -0.39 is 30.7 Å². The molecule has 0 saturated carbocycles. The van der Waals surface area contributed by atoms with E-state index in [9.17, 15) is 27.6 Å². The van der Waals surface area contributed by atoms with Gasteiger partial charge in [0, 0.05) is 74.4 Å². The van der Waals surface area contributed by atoms with Gasteiger partial charge in [-0.3, -0.25) is 34.6 Å². The fraction of sp³-hybridized carbons (Fsp3) is 0.533. The molecule has 1 spiro atoms. The van der Waals surface area contributed by atoms with E-state index in [0.717, 1.165) is 116 Å². The first-order valence-corrected chi connectivity index (χ1v) is 21.9. The summed E-state index contributed by atoms with van der Waals surface area (Å²) in [5, 5.41) is 10.5. The highest BCUT2D eigenvalue weighted by molar-refractivity contribution is 6.06. The molecule has 2 aromatic heterocycles. The summed E-state index contributed by atoms with van der Waals surface area (Å²) >= 11 is 0. The number of anilines is 2. The first-order chi connectivity index (χ1) is 29.9. The molecule has 62 heavy (non-hydrogen) atoms. The SMILES string of the molecule is C[C@@H]1Cc2c(ccc3[nH]ncc23)[C@H](c2ccc(N3CCC4(CC3)CC(CN3CCN5c6ccc7c(c6OCC5C3)CN([C@H]3CCC(=O)NC3=O)C7=O)CO4)nc2)N1CC(F)(F)F. The van der Waals surface area contributed by atoms with Crippen LogP contribution in [0.2, 0.25) is 0 Å². The van der Waals surface area contributed by atoms with Gasteiger partial charge in [-0.15, -0.1) is 0 Å². The first kappa shape index (κ1) is 39.6. The van der Waals surface area contributed by atoms with Crippen LogP contribution >= 0.6 is 0 Å². The Kier molecular flexibility index (Phi) is 9.54. The number of pyridine rings is 1. The third-order valence-corrected chi connectivity index (χ3v) is 14.7. The van der Waals surface area contributed by atoms with Crippen molar-refractivity contribution >= 4 is 40.1 Å². The van der Waals surface area contributed by atoms with E-state index in [-0.39, 0.29) is 42.5 Å². The number of rotatable bonds is 6. The minimum absolute atomic E-state index is 0.173. The minimum atomic E-state index is -4.34. The van der Waals surface area contributed by atoms with Crippen LogP contribution in [-0.4, -0.2) is 137 Å². The number of H-pyrrole nitrogens is 1. The number of ether oxygens (including phenoxy) is 2. The van der Waals surface area contributed by atoms with Crippen LogP contribution < -0.4 is 19.9 Å². The number of alkyl halides is 3. The standard InChI is InChI=1S/C45H50F3N9O5/c1-26-16-32-30(3-5-35-33(32)19-50-52-35)40(57(26)25-45(46,47)48)28-2-8-38(49-18-28)54-12-10-44(11-13-54)17-27(23-62-44)20-53-14-15-55-29(21-53)24-61-41-34-22-56(37-7-9-39(58)51-42(37)59)43(60)31(34)4-6-36(41)55/h2-6,8,18-19,26-27,29,37,40H,7,9-17,20-25H2,1H3,(H,50,52)(H,51,58,59)/t26-,27?,29?,37+,40+/m1/s1. The Morgan fingerprint density at radius 1 is 0.952 bits per heavy atom. The first-order valence-electron chi connectivity index (χ1n) is 21.9. The highest BCUT2D eigenvalue weighted by Crippen LogP contribution is 2.46. The molecule has 17 heteroatoms. The molecule has 2 unspecified atom stereocenters. The van der Waals surface area contributed by atoms with Crippen LogP contribution in [0.25, 0.3) is 10.9 Å². The van der Waals surface area contributed by atoms with E-state index in [1.54, 1.807) is 22.2 Å². The quantitative estimate of drug-likeness (QED) is 0.264. The van der Waals surface area contributed by atoms with E-state index in [4.69, 9.17) is 14.5 Å². The van der Waals surface area contributed by atoms with Crippen molar-refractivity contribution in [1.82, 2.24) is 35.2 Å². The average Bonchev–Trinajstić information content (AvgIpc) is 3.98. The van der Waals surface area contributed by atoms with Crippen molar-refractivity contribution in [3.63, 3.8) is 0 Å². The molecule has 14 nitrogen and oxygen atoms in total. The van der Waals surface area contributed by atoms with Gasteiger partial charge in [0.25, 0.3) is 5.91 Å². The number of aromatic amines is 1. The second-order valence-corrected chi connectivity index (χ2v) is 18.5. The van der Waals surface area contributed by atoms with Crippen molar-refractivity contribution in [2.75, 3.05) is 68.8 Å². The fourth-order valence-electron chi connectivity index (χ4n) is 11.6. The summed E-state index contributed by atoms with van der Waals surface area (Å²) < 4.78 is 54.9. The van der Waals surface area contributed by atoms with Crippen molar-refractivity contribution in [3.05, 3.63) is 76.6 Å². The van der Waals surface area contributed by atoms with E-state index in [1.165, 1.54) is 0 Å². The normalized spacial score (nSPS) is 27.6. The lowest BCUT2D eigenvalue weighted by atomic mass is 9.84. The summed E-state index contributed by atoms with van der Waals surface area (Å²) in [6, 6.07) is 10.2. The third kappa shape index (κ3) is 6.87. The number of carbonyl (C=O) groups is 3. The highest BCUT2D eigenvalue weighted by atomic mass is 19.4. The summed E-state index contributed by atoms with van der Waals surface area (Å²) in [4.78, 5) is 52.9. The number of fused-ring (bicyclic) bond motifs is 8. The number of piperazine rings is 1. The van der Waals surface area contributed by atoms with Gasteiger partial charge in [-0.25, -0.2) is 4.98 Å². The lowest BCUT2D eigenvalue weighted by molar-refractivity contribution is -0.155. The molecule has 9 heterocycles. The van der Waals surface area contributed by atoms with Gasteiger partial charge in [0.15, 0.2) is 0 Å². The van der Waals surface area contributed by atoms with Crippen molar-refractivity contribution in [2.24, 2.45) is 5.92 Å².